The van der Waals surface area contributed by atoms with E-state index in [1.54, 1.807) is 6.07 Å². The quantitative estimate of drug-likeness (QED) is 0.791. The predicted octanol–water partition coefficient (Wildman–Crippen LogP) is 2.70. The average Bonchev–Trinajstić information content (AvgIpc) is 2.24. The number of nitrogens with two attached hydrogens (primary N) is 1. The van der Waals surface area contributed by atoms with E-state index in [4.69, 9.17) is 5.14 Å². The molecule has 3 N–H and O–H groups in total. The first-order valence-electron chi connectivity index (χ1n) is 5.51. The van der Waals surface area contributed by atoms with E-state index in [1.807, 2.05) is 0 Å². The fraction of sp³-hybridized carbons (Fsp3) is 0.455. The molecule has 1 aromatic carbocycles. The summed E-state index contributed by atoms with van der Waals surface area (Å²) in [5.74, 6) is 0. The molecule has 1 aromatic rings. The molecule has 0 saturated carbocycles. The molecule has 0 aliphatic rings. The van der Waals surface area contributed by atoms with Crippen LogP contribution in [0, 0.1) is 0 Å². The zero-order valence-electron chi connectivity index (χ0n) is 9.74. The number of rotatable bonds is 6. The fourth-order valence-electron chi connectivity index (χ4n) is 1.41. The molecule has 0 spiro atoms. The third-order valence-corrected chi connectivity index (χ3v) is 3.93. The van der Waals surface area contributed by atoms with Gasteiger partial charge in [0.25, 0.3) is 0 Å². The van der Waals surface area contributed by atoms with Crippen LogP contribution in [0.2, 0.25) is 0 Å². The van der Waals surface area contributed by atoms with Gasteiger partial charge in [-0.3, -0.25) is 0 Å². The van der Waals surface area contributed by atoms with Gasteiger partial charge in [-0.05, 0) is 40.5 Å². The van der Waals surface area contributed by atoms with E-state index >= 15 is 0 Å². The third-order valence-electron chi connectivity index (χ3n) is 2.36. The summed E-state index contributed by atoms with van der Waals surface area (Å²) in [7, 11) is -3.63. The molecule has 4 nitrogen and oxygen atoms in total. The lowest BCUT2D eigenvalue weighted by atomic mass is 10.2. The topological polar surface area (TPSA) is 72.2 Å². The monoisotopic (exact) mass is 320 g/mol. The second-order valence-corrected chi connectivity index (χ2v) is 6.24. The van der Waals surface area contributed by atoms with Gasteiger partial charge in [-0.25, -0.2) is 13.6 Å². The van der Waals surface area contributed by atoms with E-state index in [-0.39, 0.29) is 4.90 Å². The minimum Gasteiger partial charge on any atom is -0.384 e. The SMILES string of the molecule is CCCCCNc1ccc(S(N)(=O)=O)cc1Br. The van der Waals surface area contributed by atoms with Gasteiger partial charge in [0.2, 0.25) is 10.0 Å². The van der Waals surface area contributed by atoms with Gasteiger partial charge in [0.1, 0.15) is 0 Å². The van der Waals surface area contributed by atoms with Crippen LogP contribution in [0.3, 0.4) is 0 Å². The minimum atomic E-state index is -3.63. The van der Waals surface area contributed by atoms with Crippen LogP contribution in [-0.4, -0.2) is 15.0 Å². The highest BCUT2D eigenvalue weighted by molar-refractivity contribution is 9.10. The molecule has 0 fully saturated rings. The molecule has 0 saturated heterocycles. The molecule has 0 atom stereocenters. The molecule has 0 unspecified atom stereocenters. The molecule has 0 aliphatic heterocycles. The van der Waals surface area contributed by atoms with Crippen molar-refractivity contribution < 1.29 is 8.42 Å². The Labute approximate surface area is 111 Å². The molecule has 0 heterocycles. The number of sulfonamides is 1. The second-order valence-electron chi connectivity index (χ2n) is 3.82. The molecule has 1 rings (SSSR count). The van der Waals surface area contributed by atoms with E-state index in [0.29, 0.717) is 4.47 Å². The Morgan fingerprint density at radius 3 is 2.59 bits per heavy atom. The first-order chi connectivity index (χ1) is 7.95. The number of primary sulfonamides is 1. The van der Waals surface area contributed by atoms with Crippen molar-refractivity contribution in [2.45, 2.75) is 31.1 Å². The van der Waals surface area contributed by atoms with Crippen molar-refractivity contribution in [1.29, 1.82) is 0 Å². The Bertz CT molecular complexity index is 474. The second kappa shape index (κ2) is 6.37. The van der Waals surface area contributed by atoms with E-state index in [0.717, 1.165) is 18.7 Å². The zero-order chi connectivity index (χ0) is 12.9. The normalized spacial score (nSPS) is 11.5. The van der Waals surface area contributed by atoms with Gasteiger partial charge in [-0.1, -0.05) is 19.8 Å². The number of anilines is 1. The Morgan fingerprint density at radius 1 is 1.35 bits per heavy atom. The molecule has 6 heteroatoms. The summed E-state index contributed by atoms with van der Waals surface area (Å²) in [4.78, 5) is 0.114. The van der Waals surface area contributed by atoms with Crippen LogP contribution in [0.25, 0.3) is 0 Å². The molecule has 0 amide bonds. The molecular weight excluding hydrogens is 304 g/mol. The molecule has 17 heavy (non-hydrogen) atoms. The highest BCUT2D eigenvalue weighted by Gasteiger charge is 2.09. The van der Waals surface area contributed by atoms with Gasteiger partial charge in [0, 0.05) is 16.7 Å². The van der Waals surface area contributed by atoms with Crippen molar-refractivity contribution in [1.82, 2.24) is 0 Å². The first kappa shape index (κ1) is 14.5. The molecular formula is C11H17BrN2O2S. The minimum absolute atomic E-state index is 0.114. The standard InChI is InChI=1S/C11H17BrN2O2S/c1-2-3-4-7-14-11-6-5-9(8-10(11)12)17(13,15)16/h5-6,8,14H,2-4,7H2,1H3,(H2,13,15,16). The zero-order valence-corrected chi connectivity index (χ0v) is 12.1. The van der Waals surface area contributed by atoms with Crippen LogP contribution in [0.4, 0.5) is 5.69 Å². The molecule has 0 aromatic heterocycles. The van der Waals surface area contributed by atoms with Crippen molar-refractivity contribution in [2.24, 2.45) is 5.14 Å². The van der Waals surface area contributed by atoms with Crippen LogP contribution >= 0.6 is 15.9 Å². The maximum atomic E-state index is 11.1. The van der Waals surface area contributed by atoms with Crippen molar-refractivity contribution in [2.75, 3.05) is 11.9 Å². The van der Waals surface area contributed by atoms with E-state index in [2.05, 4.69) is 28.2 Å². The molecule has 96 valence electrons. The number of halogens is 1. The van der Waals surface area contributed by atoms with E-state index < -0.39 is 10.0 Å². The number of nitrogens with one attached hydrogen (secondary N) is 1. The van der Waals surface area contributed by atoms with Crippen molar-refractivity contribution >= 4 is 31.6 Å². The first-order valence-corrected chi connectivity index (χ1v) is 7.85. The largest absolute Gasteiger partial charge is 0.384 e. The van der Waals surface area contributed by atoms with Gasteiger partial charge in [0.15, 0.2) is 0 Å². The number of hydrogen-bond acceptors (Lipinski definition) is 3. The van der Waals surface area contributed by atoms with Crippen LogP contribution in [-0.2, 0) is 10.0 Å². The Balaban J connectivity index is 2.70. The van der Waals surface area contributed by atoms with E-state index in [9.17, 15) is 8.42 Å². The number of hydrogen-bond donors (Lipinski definition) is 2. The van der Waals surface area contributed by atoms with Gasteiger partial charge >= 0.3 is 0 Å². The highest BCUT2D eigenvalue weighted by Crippen LogP contribution is 2.25. The number of unbranched alkanes of at least 4 members (excludes halogenated alkanes) is 2. The third kappa shape index (κ3) is 4.65. The number of benzene rings is 1. The lowest BCUT2D eigenvalue weighted by molar-refractivity contribution is 0.598. The summed E-state index contributed by atoms with van der Waals surface area (Å²) in [6, 6.07) is 4.73. The van der Waals surface area contributed by atoms with Crippen LogP contribution in [0.5, 0.6) is 0 Å². The predicted molar refractivity (Wildman–Crippen MR) is 73.5 cm³/mol. The Kier molecular flexibility index (Phi) is 5.42. The lowest BCUT2D eigenvalue weighted by Gasteiger charge is -2.09. The maximum Gasteiger partial charge on any atom is 0.238 e. The lowest BCUT2D eigenvalue weighted by Crippen LogP contribution is -2.12. The van der Waals surface area contributed by atoms with E-state index in [1.165, 1.54) is 25.0 Å². The maximum absolute atomic E-state index is 11.1. The summed E-state index contributed by atoms with van der Waals surface area (Å²) in [5, 5.41) is 8.29. The van der Waals surface area contributed by atoms with Crippen molar-refractivity contribution in [3.63, 3.8) is 0 Å². The summed E-state index contributed by atoms with van der Waals surface area (Å²) >= 11 is 3.33. The van der Waals surface area contributed by atoms with Gasteiger partial charge in [-0.2, -0.15) is 0 Å². The Hall–Kier alpha value is -0.590. The van der Waals surface area contributed by atoms with Crippen LogP contribution in [0.1, 0.15) is 26.2 Å². The molecule has 0 bridgehead atoms. The van der Waals surface area contributed by atoms with Gasteiger partial charge < -0.3 is 5.32 Å². The van der Waals surface area contributed by atoms with Crippen LogP contribution in [0.15, 0.2) is 27.6 Å². The van der Waals surface area contributed by atoms with Crippen LogP contribution < -0.4 is 10.5 Å². The summed E-state index contributed by atoms with van der Waals surface area (Å²) in [6.07, 6.45) is 3.45. The smallest absolute Gasteiger partial charge is 0.238 e. The van der Waals surface area contributed by atoms with Crippen molar-refractivity contribution in [3.05, 3.63) is 22.7 Å². The van der Waals surface area contributed by atoms with Crippen molar-refractivity contribution in [3.8, 4) is 0 Å². The van der Waals surface area contributed by atoms with Gasteiger partial charge in [-0.15, -0.1) is 0 Å². The Morgan fingerprint density at radius 2 is 2.06 bits per heavy atom. The summed E-state index contributed by atoms with van der Waals surface area (Å²) in [6.45, 7) is 3.03. The fourth-order valence-corrected chi connectivity index (χ4v) is 2.62. The summed E-state index contributed by atoms with van der Waals surface area (Å²) < 4.78 is 23.0. The van der Waals surface area contributed by atoms with Gasteiger partial charge in [0.05, 0.1) is 4.90 Å². The average molecular weight is 321 g/mol. The molecule has 0 aliphatic carbocycles. The highest BCUT2D eigenvalue weighted by atomic mass is 79.9. The summed E-state index contributed by atoms with van der Waals surface area (Å²) in [5.41, 5.74) is 0.883. The molecule has 0 radical (unpaired) electrons.